The van der Waals surface area contributed by atoms with Crippen molar-refractivity contribution in [3.63, 3.8) is 0 Å². The van der Waals surface area contributed by atoms with Crippen LogP contribution >= 0.6 is 0 Å². The first-order chi connectivity index (χ1) is 18.2. The summed E-state index contributed by atoms with van der Waals surface area (Å²) < 4.78 is 45.5. The highest BCUT2D eigenvalue weighted by molar-refractivity contribution is 7.80. The number of fused-ring (bicyclic) bond motifs is 1. The number of aryl methyl sites for hydroxylation is 1. The zero-order valence-corrected chi connectivity index (χ0v) is 21.9. The van der Waals surface area contributed by atoms with Crippen LogP contribution in [-0.2, 0) is 22.6 Å². The lowest BCUT2D eigenvalue weighted by molar-refractivity contribution is -0.127. The van der Waals surface area contributed by atoms with Gasteiger partial charge in [-0.05, 0) is 49.6 Å². The zero-order valence-electron chi connectivity index (χ0n) is 21.1. The van der Waals surface area contributed by atoms with Crippen LogP contribution in [0.25, 0.3) is 10.9 Å². The van der Waals surface area contributed by atoms with Gasteiger partial charge in [-0.2, -0.15) is 5.26 Å². The van der Waals surface area contributed by atoms with E-state index in [2.05, 4.69) is 4.98 Å². The largest absolute Gasteiger partial charge is 0.453 e. The van der Waals surface area contributed by atoms with Gasteiger partial charge in [0, 0.05) is 33.1 Å². The van der Waals surface area contributed by atoms with Crippen LogP contribution < -0.4 is 14.6 Å². The second kappa shape index (κ2) is 11.7. The summed E-state index contributed by atoms with van der Waals surface area (Å²) in [4.78, 5) is 30.4. The molecule has 1 N–H and O–H groups in total. The molecule has 38 heavy (non-hydrogen) atoms. The van der Waals surface area contributed by atoms with Gasteiger partial charge in [0.1, 0.15) is 17.4 Å². The monoisotopic (exact) mass is 541 g/mol. The maximum Gasteiger partial charge on any atom is 0.262 e. The summed E-state index contributed by atoms with van der Waals surface area (Å²) in [5.41, 5.74) is -0.0180. The molecule has 0 aliphatic heterocycles. The highest BCUT2D eigenvalue weighted by Crippen LogP contribution is 2.38. The van der Waals surface area contributed by atoms with E-state index in [1.165, 1.54) is 40.3 Å². The number of hydrogen-bond donors (Lipinski definition) is 1. The van der Waals surface area contributed by atoms with E-state index >= 15 is 0 Å². The van der Waals surface area contributed by atoms with Crippen LogP contribution in [0, 0.1) is 17.1 Å². The van der Waals surface area contributed by atoms with Crippen LogP contribution in [0.15, 0.2) is 41.5 Å². The number of nitriles is 1. The number of amides is 1. The highest BCUT2D eigenvalue weighted by atomic mass is 32.2. The molecule has 10 nitrogen and oxygen atoms in total. The molecule has 0 saturated heterocycles. The van der Waals surface area contributed by atoms with Gasteiger partial charge in [-0.1, -0.05) is 12.8 Å². The molecule has 4 rings (SSSR count). The van der Waals surface area contributed by atoms with Crippen molar-refractivity contribution in [1.82, 2.24) is 14.5 Å². The Morgan fingerprint density at radius 1 is 1.32 bits per heavy atom. The Kier molecular flexibility index (Phi) is 8.38. The quantitative estimate of drug-likeness (QED) is 0.406. The molecule has 1 aromatic heterocycles. The van der Waals surface area contributed by atoms with Crippen LogP contribution in [0.5, 0.6) is 11.5 Å². The number of anilines is 1. The third kappa shape index (κ3) is 5.69. The van der Waals surface area contributed by atoms with Gasteiger partial charge < -0.3 is 9.64 Å². The third-order valence-electron chi connectivity index (χ3n) is 6.71. The summed E-state index contributed by atoms with van der Waals surface area (Å²) >= 11 is -2.42. The van der Waals surface area contributed by atoms with E-state index in [4.69, 9.17) is 4.74 Å². The Morgan fingerprint density at radius 2 is 2.05 bits per heavy atom. The number of halogens is 1. The summed E-state index contributed by atoms with van der Waals surface area (Å²) in [5, 5.41) is 10.1. The molecule has 0 spiro atoms. The van der Waals surface area contributed by atoms with Crippen molar-refractivity contribution >= 4 is 33.8 Å². The van der Waals surface area contributed by atoms with Crippen molar-refractivity contribution in [3.8, 4) is 17.6 Å². The van der Waals surface area contributed by atoms with Crippen LogP contribution in [-0.4, -0.2) is 48.8 Å². The van der Waals surface area contributed by atoms with Crippen LogP contribution in [0.4, 0.5) is 10.1 Å². The van der Waals surface area contributed by atoms with E-state index in [9.17, 15) is 28.0 Å². The standard InChI is InChI=1S/C26H28FN5O5S/c1-17(33)30(2)12-5-13-31-16-29-23-10-8-19(14-20(23)26(31)34)37-25-21(15-28)24(11-9-22(25)27)32(38(35)36)18-6-3-4-7-18/h8-11,14,16,18H,3-7,12-13H2,1-2H3,(H,35,36). The van der Waals surface area contributed by atoms with Crippen LogP contribution in [0.2, 0.25) is 0 Å². The molecule has 0 radical (unpaired) electrons. The van der Waals surface area contributed by atoms with Crippen molar-refractivity contribution in [2.75, 3.05) is 17.9 Å². The molecule has 2 aromatic carbocycles. The number of carbonyl (C=O) groups excluding carboxylic acids is 1. The van der Waals surface area contributed by atoms with Gasteiger partial charge in [0.25, 0.3) is 16.8 Å². The molecular formula is C26H28FN5O5S. The van der Waals surface area contributed by atoms with E-state index in [0.717, 1.165) is 18.9 Å². The normalized spacial score (nSPS) is 14.3. The molecule has 1 saturated carbocycles. The maximum absolute atomic E-state index is 14.9. The van der Waals surface area contributed by atoms with Crippen LogP contribution in [0.3, 0.4) is 0 Å². The minimum Gasteiger partial charge on any atom is -0.453 e. The molecule has 0 bridgehead atoms. The Balaban J connectivity index is 1.66. The molecule has 3 aromatic rings. The Hall–Kier alpha value is -3.82. The summed E-state index contributed by atoms with van der Waals surface area (Å²) in [5.74, 6) is -1.18. The van der Waals surface area contributed by atoms with E-state index in [1.54, 1.807) is 18.0 Å². The fraction of sp³-hybridized carbons (Fsp3) is 0.385. The van der Waals surface area contributed by atoms with E-state index in [1.807, 2.05) is 6.07 Å². The number of nitrogens with zero attached hydrogens (tertiary/aromatic N) is 5. The van der Waals surface area contributed by atoms with E-state index in [0.29, 0.717) is 37.9 Å². The van der Waals surface area contributed by atoms with Crippen molar-refractivity contribution < 1.29 is 22.7 Å². The van der Waals surface area contributed by atoms with Crippen molar-refractivity contribution in [2.24, 2.45) is 0 Å². The summed E-state index contributed by atoms with van der Waals surface area (Å²) in [6.07, 6.45) is 5.12. The molecule has 1 unspecified atom stereocenters. The lowest BCUT2D eigenvalue weighted by Crippen LogP contribution is -2.35. The first-order valence-corrected chi connectivity index (χ1v) is 13.3. The smallest absolute Gasteiger partial charge is 0.262 e. The molecule has 1 aliphatic rings. The molecule has 1 fully saturated rings. The first-order valence-electron chi connectivity index (χ1n) is 12.2. The predicted molar refractivity (Wildman–Crippen MR) is 141 cm³/mol. The molecule has 200 valence electrons. The molecule has 1 aliphatic carbocycles. The highest BCUT2D eigenvalue weighted by Gasteiger charge is 2.31. The molecule has 1 atom stereocenters. The van der Waals surface area contributed by atoms with E-state index < -0.39 is 22.8 Å². The topological polar surface area (TPSA) is 129 Å². The molecule has 1 heterocycles. The number of carbonyl (C=O) groups is 1. The number of hydrogen-bond acceptors (Lipinski definition) is 6. The second-order valence-electron chi connectivity index (χ2n) is 9.20. The summed E-state index contributed by atoms with van der Waals surface area (Å²) in [6.45, 7) is 2.29. The summed E-state index contributed by atoms with van der Waals surface area (Å²) in [6, 6.07) is 8.55. The lowest BCUT2D eigenvalue weighted by atomic mass is 10.1. The second-order valence-corrected chi connectivity index (χ2v) is 10.1. The summed E-state index contributed by atoms with van der Waals surface area (Å²) in [7, 11) is 1.68. The van der Waals surface area contributed by atoms with Gasteiger partial charge in [-0.25, -0.2) is 13.6 Å². The minimum atomic E-state index is -2.42. The van der Waals surface area contributed by atoms with Gasteiger partial charge in [0.05, 0.1) is 22.9 Å². The van der Waals surface area contributed by atoms with Gasteiger partial charge in [0.2, 0.25) is 5.91 Å². The van der Waals surface area contributed by atoms with E-state index in [-0.39, 0.29) is 39.9 Å². The Labute approximate surface area is 221 Å². The first kappa shape index (κ1) is 27.2. The zero-order chi connectivity index (χ0) is 27.4. The van der Waals surface area contributed by atoms with Gasteiger partial charge in [-0.3, -0.25) is 23.0 Å². The average molecular weight is 542 g/mol. The average Bonchev–Trinajstić information content (AvgIpc) is 3.41. The molecule has 12 heteroatoms. The van der Waals surface area contributed by atoms with Gasteiger partial charge in [0.15, 0.2) is 11.6 Å². The maximum atomic E-state index is 14.9. The van der Waals surface area contributed by atoms with Crippen LogP contribution in [0.1, 0.15) is 44.6 Å². The number of rotatable bonds is 9. The number of ether oxygens (including phenoxy) is 1. The predicted octanol–water partition coefficient (Wildman–Crippen LogP) is 3.95. The fourth-order valence-corrected chi connectivity index (χ4v) is 5.39. The lowest BCUT2D eigenvalue weighted by Gasteiger charge is -2.28. The molecular weight excluding hydrogens is 513 g/mol. The number of aromatic nitrogens is 2. The number of benzene rings is 2. The SMILES string of the molecule is CC(=O)N(C)CCCn1cnc2ccc(Oc3c(F)ccc(N(C4CCCC4)S(=O)O)c3C#N)cc2c1=O. The molecule has 1 amide bonds. The third-order valence-corrected chi connectivity index (χ3v) is 7.54. The fourth-order valence-electron chi connectivity index (χ4n) is 4.60. The van der Waals surface area contributed by atoms with Crippen molar-refractivity contribution in [3.05, 3.63) is 58.4 Å². The Bertz CT molecular complexity index is 1480. The van der Waals surface area contributed by atoms with Gasteiger partial charge >= 0.3 is 0 Å². The van der Waals surface area contributed by atoms with Crippen molar-refractivity contribution in [1.29, 1.82) is 5.26 Å². The minimum absolute atomic E-state index is 0.0691. The van der Waals surface area contributed by atoms with Gasteiger partial charge in [-0.15, -0.1) is 0 Å². The Morgan fingerprint density at radius 3 is 2.71 bits per heavy atom. The van der Waals surface area contributed by atoms with Crippen molar-refractivity contribution in [2.45, 2.75) is 51.6 Å².